The second-order valence-corrected chi connectivity index (χ2v) is 13.1. The first-order valence-corrected chi connectivity index (χ1v) is 16.3. The van der Waals surface area contributed by atoms with E-state index in [9.17, 15) is 29.4 Å². The Morgan fingerprint density at radius 3 is 1.75 bits per heavy atom. The van der Waals surface area contributed by atoms with Crippen LogP contribution in [-0.4, -0.2) is 86.9 Å². The van der Waals surface area contributed by atoms with Crippen LogP contribution in [0.25, 0.3) is 0 Å². The number of β-amino-alcohol motifs (C(OH)–C–C–N with tert-alkyl or cyclic N) is 1. The van der Waals surface area contributed by atoms with Gasteiger partial charge in [0, 0.05) is 5.54 Å². The van der Waals surface area contributed by atoms with Crippen molar-refractivity contribution in [3.05, 3.63) is 35.4 Å². The number of benzene rings is 1. The average molecular weight is 617 g/mol. The predicted octanol–water partition coefficient (Wildman–Crippen LogP) is 5.48. The standard InChI is InChI=1S/C34H52N2O8/c1-7-32(5,8-2)20-26(37)22-43-28(39)24-14-16-25(17-15-24)29(40)44-23-27(38)21-35-31(42)36(33(6,9-3)10-4)30(41)34(35)18-12-11-13-19-34/h14-17,26-27,37-38H,7-13,18-23H2,1-6H3. The smallest absolute Gasteiger partial charge is 0.338 e. The minimum atomic E-state index is -1.19. The maximum absolute atomic E-state index is 13.8. The second kappa shape index (κ2) is 14.9. The SMILES string of the molecule is CCC(C)(CC)CC(O)COC(=O)c1ccc(C(=O)OCC(O)CN2C(=O)N(C(C)(CC)CC)C(=O)C23CCCCC3)cc1. The van der Waals surface area contributed by atoms with Gasteiger partial charge in [0.15, 0.2) is 0 Å². The molecule has 2 fully saturated rings. The Balaban J connectivity index is 1.58. The van der Waals surface area contributed by atoms with Crippen molar-refractivity contribution in [2.24, 2.45) is 5.41 Å². The summed E-state index contributed by atoms with van der Waals surface area (Å²) in [6, 6.07) is 5.35. The quantitative estimate of drug-likeness (QED) is 0.195. The molecule has 3 amide bonds. The van der Waals surface area contributed by atoms with Gasteiger partial charge in [-0.2, -0.15) is 0 Å². The molecule has 1 saturated carbocycles. The van der Waals surface area contributed by atoms with Gasteiger partial charge in [0.25, 0.3) is 5.91 Å². The fourth-order valence-electron chi connectivity index (χ4n) is 6.31. The van der Waals surface area contributed by atoms with Gasteiger partial charge < -0.3 is 24.6 Å². The lowest BCUT2D eigenvalue weighted by Crippen LogP contribution is -2.54. The Labute approximate surface area is 262 Å². The van der Waals surface area contributed by atoms with Crippen LogP contribution in [0, 0.1) is 5.41 Å². The predicted molar refractivity (Wildman–Crippen MR) is 166 cm³/mol. The van der Waals surface area contributed by atoms with Crippen LogP contribution in [0.4, 0.5) is 4.79 Å². The number of rotatable bonds is 15. The van der Waals surface area contributed by atoms with E-state index < -0.39 is 41.3 Å². The normalized spacial score (nSPS) is 18.5. The van der Waals surface area contributed by atoms with Crippen LogP contribution in [0.15, 0.2) is 24.3 Å². The number of imide groups is 1. The summed E-state index contributed by atoms with van der Waals surface area (Å²) in [5.41, 5.74) is -1.20. The molecule has 1 saturated heterocycles. The minimum absolute atomic E-state index is 0.0218. The number of hydrogen-bond acceptors (Lipinski definition) is 8. The van der Waals surface area contributed by atoms with Crippen LogP contribution < -0.4 is 0 Å². The summed E-state index contributed by atoms with van der Waals surface area (Å²) < 4.78 is 10.6. The van der Waals surface area contributed by atoms with Crippen LogP contribution in [-0.2, 0) is 14.3 Å². The van der Waals surface area contributed by atoms with Crippen molar-refractivity contribution in [1.29, 1.82) is 0 Å². The van der Waals surface area contributed by atoms with Gasteiger partial charge in [-0.3, -0.25) is 9.69 Å². The molecule has 246 valence electrons. The van der Waals surface area contributed by atoms with Crippen LogP contribution in [0.2, 0.25) is 0 Å². The number of amides is 3. The Kier molecular flexibility index (Phi) is 12.0. The number of aliphatic hydroxyl groups is 2. The number of carbonyl (C=O) groups is 4. The topological polar surface area (TPSA) is 134 Å². The van der Waals surface area contributed by atoms with E-state index in [1.807, 2.05) is 20.8 Å². The lowest BCUT2D eigenvalue weighted by molar-refractivity contribution is -0.139. The fraction of sp³-hybridized carbons (Fsp3) is 0.706. The van der Waals surface area contributed by atoms with Gasteiger partial charge in [0.05, 0.1) is 23.8 Å². The molecule has 1 aromatic rings. The number of carbonyl (C=O) groups excluding carboxylic acids is 4. The molecule has 1 aliphatic heterocycles. The van der Waals surface area contributed by atoms with Crippen molar-refractivity contribution in [3.63, 3.8) is 0 Å². The largest absolute Gasteiger partial charge is 0.459 e. The second-order valence-electron chi connectivity index (χ2n) is 13.1. The number of ether oxygens (including phenoxy) is 2. The van der Waals surface area contributed by atoms with Gasteiger partial charge in [-0.25, -0.2) is 14.4 Å². The van der Waals surface area contributed by atoms with Crippen LogP contribution in [0.5, 0.6) is 0 Å². The Hall–Kier alpha value is -2.98. The molecule has 2 N–H and O–H groups in total. The van der Waals surface area contributed by atoms with Gasteiger partial charge >= 0.3 is 18.0 Å². The van der Waals surface area contributed by atoms with E-state index in [2.05, 4.69) is 20.8 Å². The van der Waals surface area contributed by atoms with Gasteiger partial charge in [-0.15, -0.1) is 0 Å². The van der Waals surface area contributed by atoms with Gasteiger partial charge in [-0.05, 0) is 68.7 Å². The van der Waals surface area contributed by atoms with Crippen molar-refractivity contribution >= 4 is 23.9 Å². The third-order valence-electron chi connectivity index (χ3n) is 10.3. The van der Waals surface area contributed by atoms with E-state index in [1.165, 1.54) is 34.1 Å². The van der Waals surface area contributed by atoms with Crippen molar-refractivity contribution in [3.8, 4) is 0 Å². The summed E-state index contributed by atoms with van der Waals surface area (Å²) in [6.07, 6.45) is 5.39. The number of nitrogens with zero attached hydrogens (tertiary/aromatic N) is 2. The lowest BCUT2D eigenvalue weighted by Gasteiger charge is -2.39. The Bertz CT molecular complexity index is 1150. The van der Waals surface area contributed by atoms with Crippen molar-refractivity contribution in [1.82, 2.24) is 9.80 Å². The average Bonchev–Trinajstić information content (AvgIpc) is 3.23. The first-order chi connectivity index (χ1) is 20.8. The molecule has 10 heteroatoms. The van der Waals surface area contributed by atoms with E-state index in [0.29, 0.717) is 32.1 Å². The maximum atomic E-state index is 13.8. The van der Waals surface area contributed by atoms with E-state index in [1.54, 1.807) is 0 Å². The zero-order chi connectivity index (χ0) is 32.7. The summed E-state index contributed by atoms with van der Waals surface area (Å²) in [6.45, 7) is 11.5. The molecule has 2 atom stereocenters. The number of esters is 2. The number of urea groups is 1. The highest BCUT2D eigenvalue weighted by Crippen LogP contribution is 2.44. The molecular weight excluding hydrogens is 564 g/mol. The molecule has 44 heavy (non-hydrogen) atoms. The van der Waals surface area contributed by atoms with Crippen LogP contribution in [0.1, 0.15) is 126 Å². The molecular formula is C34H52N2O8. The van der Waals surface area contributed by atoms with Crippen molar-refractivity contribution < 1.29 is 38.9 Å². The van der Waals surface area contributed by atoms with E-state index >= 15 is 0 Å². The van der Waals surface area contributed by atoms with Gasteiger partial charge in [0.2, 0.25) is 0 Å². The molecule has 1 heterocycles. The zero-order valence-electron chi connectivity index (χ0n) is 27.4. The minimum Gasteiger partial charge on any atom is -0.459 e. The zero-order valence-corrected chi connectivity index (χ0v) is 27.4. The van der Waals surface area contributed by atoms with E-state index in [0.717, 1.165) is 32.1 Å². The molecule has 1 aromatic carbocycles. The molecule has 3 rings (SSSR count). The van der Waals surface area contributed by atoms with Gasteiger partial charge in [-0.1, -0.05) is 66.7 Å². The molecule has 2 aliphatic rings. The summed E-state index contributed by atoms with van der Waals surface area (Å²) in [4.78, 5) is 55.6. The maximum Gasteiger partial charge on any atom is 0.338 e. The fourth-order valence-corrected chi connectivity index (χ4v) is 6.31. The summed E-state index contributed by atoms with van der Waals surface area (Å²) in [7, 11) is 0. The molecule has 1 spiro atoms. The Morgan fingerprint density at radius 2 is 1.30 bits per heavy atom. The monoisotopic (exact) mass is 616 g/mol. The molecule has 1 aliphatic carbocycles. The molecule has 10 nitrogen and oxygen atoms in total. The number of aliphatic hydroxyl groups excluding tert-OH is 2. The highest BCUT2D eigenvalue weighted by atomic mass is 16.5. The van der Waals surface area contributed by atoms with E-state index in [-0.39, 0.29) is 42.2 Å². The third-order valence-corrected chi connectivity index (χ3v) is 10.3. The molecule has 2 unspecified atom stereocenters. The third kappa shape index (κ3) is 7.62. The highest BCUT2D eigenvalue weighted by molar-refractivity contribution is 6.07. The van der Waals surface area contributed by atoms with Crippen molar-refractivity contribution in [2.75, 3.05) is 19.8 Å². The highest BCUT2D eigenvalue weighted by Gasteiger charge is 2.60. The lowest BCUT2D eigenvalue weighted by atomic mass is 9.79. The molecule has 0 bridgehead atoms. The van der Waals surface area contributed by atoms with E-state index in [4.69, 9.17) is 9.47 Å². The molecule has 0 aromatic heterocycles. The summed E-state index contributed by atoms with van der Waals surface area (Å²) in [5, 5.41) is 21.2. The summed E-state index contributed by atoms with van der Waals surface area (Å²) in [5.74, 6) is -1.49. The van der Waals surface area contributed by atoms with Crippen LogP contribution >= 0.6 is 0 Å². The molecule has 0 radical (unpaired) electrons. The summed E-state index contributed by atoms with van der Waals surface area (Å²) >= 11 is 0. The number of hydrogen-bond donors (Lipinski definition) is 2. The van der Waals surface area contributed by atoms with Crippen LogP contribution in [0.3, 0.4) is 0 Å². The Morgan fingerprint density at radius 1 is 0.818 bits per heavy atom. The first kappa shape index (κ1) is 35.5. The first-order valence-electron chi connectivity index (χ1n) is 16.3. The van der Waals surface area contributed by atoms with Gasteiger partial charge in [0.1, 0.15) is 24.9 Å². The van der Waals surface area contributed by atoms with Crippen molar-refractivity contribution in [2.45, 2.75) is 129 Å².